The quantitative estimate of drug-likeness (QED) is 0.755. The van der Waals surface area contributed by atoms with E-state index in [0.717, 1.165) is 23.8 Å². The number of rotatable bonds is 4. The Bertz CT molecular complexity index is 188. The fourth-order valence-electron chi connectivity index (χ4n) is 3.22. The maximum Gasteiger partial charge on any atom is 0.00723 e. The van der Waals surface area contributed by atoms with Crippen molar-refractivity contribution in [3.05, 3.63) is 0 Å². The molecule has 96 valence electrons. The largest absolute Gasteiger partial charge is 0.311 e. The van der Waals surface area contributed by atoms with Crippen molar-refractivity contribution in [3.8, 4) is 0 Å². The Kier molecular flexibility index (Phi) is 5.82. The Labute approximate surface area is 102 Å². The van der Waals surface area contributed by atoms with Crippen LogP contribution >= 0.6 is 0 Å². The Morgan fingerprint density at radius 1 is 1.19 bits per heavy atom. The highest BCUT2D eigenvalue weighted by molar-refractivity contribution is 4.81. The molecular weight excluding hydrogens is 194 g/mol. The predicted octanol–water partition coefficient (Wildman–Crippen LogP) is 4.23. The van der Waals surface area contributed by atoms with Gasteiger partial charge in [0.2, 0.25) is 0 Å². The zero-order valence-corrected chi connectivity index (χ0v) is 11.9. The van der Waals surface area contributed by atoms with Gasteiger partial charge in [0, 0.05) is 12.1 Å². The van der Waals surface area contributed by atoms with Crippen LogP contribution in [0.4, 0.5) is 0 Å². The fourth-order valence-corrected chi connectivity index (χ4v) is 3.22. The highest BCUT2D eigenvalue weighted by atomic mass is 14.9. The summed E-state index contributed by atoms with van der Waals surface area (Å²) in [5.74, 6) is 2.65. The lowest BCUT2D eigenvalue weighted by atomic mass is 9.86. The molecular formula is C15H31N. The molecule has 0 bridgehead atoms. The molecule has 1 nitrogen and oxygen atoms in total. The third-order valence-corrected chi connectivity index (χ3v) is 4.34. The van der Waals surface area contributed by atoms with Crippen molar-refractivity contribution in [1.82, 2.24) is 5.32 Å². The monoisotopic (exact) mass is 225 g/mol. The van der Waals surface area contributed by atoms with E-state index < -0.39 is 0 Å². The van der Waals surface area contributed by atoms with Crippen LogP contribution in [-0.4, -0.2) is 12.1 Å². The first-order chi connectivity index (χ1) is 7.52. The van der Waals surface area contributed by atoms with Gasteiger partial charge in [0.1, 0.15) is 0 Å². The molecule has 1 saturated heterocycles. The minimum absolute atomic E-state index is 0.715. The van der Waals surface area contributed by atoms with Gasteiger partial charge in [-0.15, -0.1) is 0 Å². The lowest BCUT2D eigenvalue weighted by Crippen LogP contribution is -2.36. The van der Waals surface area contributed by atoms with E-state index in [1.807, 2.05) is 0 Å². The van der Waals surface area contributed by atoms with Crippen LogP contribution in [0.1, 0.15) is 66.7 Å². The molecule has 1 fully saturated rings. The first kappa shape index (κ1) is 14.0. The van der Waals surface area contributed by atoms with Crippen LogP contribution < -0.4 is 5.32 Å². The van der Waals surface area contributed by atoms with Crippen molar-refractivity contribution in [1.29, 1.82) is 0 Å². The van der Waals surface area contributed by atoms with Crippen LogP contribution in [0.25, 0.3) is 0 Å². The molecule has 4 atom stereocenters. The summed E-state index contributed by atoms with van der Waals surface area (Å²) in [7, 11) is 0. The van der Waals surface area contributed by atoms with E-state index in [1.54, 1.807) is 0 Å². The average molecular weight is 225 g/mol. The van der Waals surface area contributed by atoms with Crippen LogP contribution in [0.3, 0.4) is 0 Å². The van der Waals surface area contributed by atoms with E-state index in [1.165, 1.54) is 32.1 Å². The van der Waals surface area contributed by atoms with E-state index in [2.05, 4.69) is 39.9 Å². The molecule has 0 saturated carbocycles. The predicted molar refractivity (Wildman–Crippen MR) is 72.6 cm³/mol. The van der Waals surface area contributed by atoms with Gasteiger partial charge in [0.05, 0.1) is 0 Å². The van der Waals surface area contributed by atoms with Gasteiger partial charge >= 0.3 is 0 Å². The molecule has 4 unspecified atom stereocenters. The van der Waals surface area contributed by atoms with E-state index in [-0.39, 0.29) is 0 Å². The van der Waals surface area contributed by atoms with Crippen molar-refractivity contribution in [2.75, 3.05) is 0 Å². The Balaban J connectivity index is 2.46. The van der Waals surface area contributed by atoms with Gasteiger partial charge < -0.3 is 5.32 Å². The van der Waals surface area contributed by atoms with E-state index in [4.69, 9.17) is 0 Å². The van der Waals surface area contributed by atoms with Crippen LogP contribution in [0.15, 0.2) is 0 Å². The van der Waals surface area contributed by atoms with Crippen molar-refractivity contribution >= 4 is 0 Å². The second-order valence-electron chi connectivity index (χ2n) is 6.33. The molecule has 0 amide bonds. The molecule has 1 heterocycles. The summed E-state index contributed by atoms with van der Waals surface area (Å²) >= 11 is 0. The zero-order chi connectivity index (χ0) is 12.1. The van der Waals surface area contributed by atoms with E-state index in [9.17, 15) is 0 Å². The van der Waals surface area contributed by atoms with Gasteiger partial charge in [-0.05, 0) is 50.4 Å². The SMILES string of the molecule is CCC(CC1CCC(C)CC(C)N1)C(C)C. The van der Waals surface area contributed by atoms with Crippen LogP contribution in [0.5, 0.6) is 0 Å². The summed E-state index contributed by atoms with van der Waals surface area (Å²) in [5, 5.41) is 3.83. The second-order valence-corrected chi connectivity index (χ2v) is 6.33. The van der Waals surface area contributed by atoms with Crippen LogP contribution in [0, 0.1) is 17.8 Å². The van der Waals surface area contributed by atoms with Crippen molar-refractivity contribution in [2.24, 2.45) is 17.8 Å². The lowest BCUT2D eigenvalue weighted by molar-refractivity contribution is 0.287. The molecule has 0 aromatic carbocycles. The standard InChI is InChI=1S/C15H31N/c1-6-14(11(2)3)10-15-8-7-12(4)9-13(5)16-15/h11-16H,6-10H2,1-5H3. The Morgan fingerprint density at radius 2 is 1.88 bits per heavy atom. The summed E-state index contributed by atoms with van der Waals surface area (Å²) in [6.45, 7) is 11.8. The van der Waals surface area contributed by atoms with Crippen molar-refractivity contribution in [2.45, 2.75) is 78.8 Å². The third-order valence-electron chi connectivity index (χ3n) is 4.34. The molecule has 1 N–H and O–H groups in total. The first-order valence-corrected chi connectivity index (χ1v) is 7.28. The molecule has 1 aliphatic heterocycles. The number of hydrogen-bond acceptors (Lipinski definition) is 1. The summed E-state index contributed by atoms with van der Waals surface area (Å²) in [5.41, 5.74) is 0. The van der Waals surface area contributed by atoms with Gasteiger partial charge in [0.25, 0.3) is 0 Å². The average Bonchev–Trinajstić information content (AvgIpc) is 2.35. The summed E-state index contributed by atoms with van der Waals surface area (Å²) < 4.78 is 0. The van der Waals surface area contributed by atoms with Gasteiger partial charge in [-0.25, -0.2) is 0 Å². The maximum atomic E-state index is 3.83. The smallest absolute Gasteiger partial charge is 0.00723 e. The molecule has 0 aromatic rings. The minimum Gasteiger partial charge on any atom is -0.311 e. The van der Waals surface area contributed by atoms with E-state index >= 15 is 0 Å². The van der Waals surface area contributed by atoms with Crippen molar-refractivity contribution < 1.29 is 0 Å². The molecule has 0 aliphatic carbocycles. The van der Waals surface area contributed by atoms with Gasteiger partial charge in [-0.1, -0.05) is 34.1 Å². The molecule has 0 spiro atoms. The number of hydrogen-bond donors (Lipinski definition) is 1. The highest BCUT2D eigenvalue weighted by Gasteiger charge is 2.23. The summed E-state index contributed by atoms with van der Waals surface area (Å²) in [4.78, 5) is 0. The Morgan fingerprint density at radius 3 is 2.44 bits per heavy atom. The summed E-state index contributed by atoms with van der Waals surface area (Å²) in [6.07, 6.45) is 6.87. The molecule has 0 radical (unpaired) electrons. The van der Waals surface area contributed by atoms with E-state index in [0.29, 0.717) is 6.04 Å². The van der Waals surface area contributed by atoms with Crippen molar-refractivity contribution in [3.63, 3.8) is 0 Å². The van der Waals surface area contributed by atoms with Crippen LogP contribution in [-0.2, 0) is 0 Å². The first-order valence-electron chi connectivity index (χ1n) is 7.28. The maximum absolute atomic E-state index is 3.83. The normalized spacial score (nSPS) is 33.8. The molecule has 1 rings (SSSR count). The molecule has 1 aliphatic rings. The molecule has 0 aromatic heterocycles. The second kappa shape index (κ2) is 6.64. The van der Waals surface area contributed by atoms with Gasteiger partial charge in [-0.3, -0.25) is 0 Å². The molecule has 1 heteroatoms. The summed E-state index contributed by atoms with van der Waals surface area (Å²) in [6, 6.07) is 1.49. The minimum atomic E-state index is 0.715. The van der Waals surface area contributed by atoms with Crippen LogP contribution in [0.2, 0.25) is 0 Å². The number of nitrogens with one attached hydrogen (secondary N) is 1. The Hall–Kier alpha value is -0.0400. The third kappa shape index (κ3) is 4.45. The molecule has 16 heavy (non-hydrogen) atoms. The fraction of sp³-hybridized carbons (Fsp3) is 1.00. The van der Waals surface area contributed by atoms with Gasteiger partial charge in [-0.2, -0.15) is 0 Å². The highest BCUT2D eigenvalue weighted by Crippen LogP contribution is 2.26. The topological polar surface area (TPSA) is 12.0 Å². The lowest BCUT2D eigenvalue weighted by Gasteiger charge is -2.26. The van der Waals surface area contributed by atoms with Gasteiger partial charge in [0.15, 0.2) is 0 Å². The zero-order valence-electron chi connectivity index (χ0n) is 11.9.